The molecule has 3 saturated heterocycles. The third-order valence-electron chi connectivity index (χ3n) is 7.98. The first kappa shape index (κ1) is 28.2. The van der Waals surface area contributed by atoms with Crippen molar-refractivity contribution in [3.05, 3.63) is 42.2 Å². The molecule has 3 aliphatic heterocycles. The first-order chi connectivity index (χ1) is 20.5. The predicted octanol–water partition coefficient (Wildman–Crippen LogP) is 1.91. The molecule has 0 atom stereocenters. The van der Waals surface area contributed by atoms with Crippen LogP contribution >= 0.6 is 0 Å². The number of carbonyl (C=O) groups excluding carboxylic acids is 1. The molecular weight excluding hydrogens is 536 g/mol. The molecule has 0 unspecified atom stereocenters. The lowest BCUT2D eigenvalue weighted by molar-refractivity contribution is 0.0662. The Morgan fingerprint density at radius 2 is 1.36 bits per heavy atom. The molecule has 13 heteroatoms. The van der Waals surface area contributed by atoms with Crippen molar-refractivity contribution in [3.8, 4) is 11.4 Å². The smallest absolute Gasteiger partial charge is 0.256 e. The summed E-state index contributed by atoms with van der Waals surface area (Å²) in [5.74, 6) is 2.35. The number of ether oxygens (including phenoxy) is 2. The molecule has 6 rings (SSSR count). The van der Waals surface area contributed by atoms with Gasteiger partial charge in [-0.25, -0.2) is 9.97 Å². The van der Waals surface area contributed by atoms with Crippen molar-refractivity contribution >= 4 is 29.4 Å². The Morgan fingerprint density at radius 1 is 0.810 bits per heavy atom. The minimum Gasteiger partial charge on any atom is -0.378 e. The monoisotopic (exact) mass is 574 g/mol. The molecule has 3 aromatic rings. The Morgan fingerprint density at radius 3 is 1.88 bits per heavy atom. The molecule has 1 aromatic carbocycles. The molecule has 1 amide bonds. The van der Waals surface area contributed by atoms with Crippen molar-refractivity contribution in [1.29, 1.82) is 0 Å². The van der Waals surface area contributed by atoms with Gasteiger partial charge in [-0.1, -0.05) is 0 Å². The second-order valence-corrected chi connectivity index (χ2v) is 10.9. The van der Waals surface area contributed by atoms with E-state index in [2.05, 4.69) is 44.1 Å². The maximum Gasteiger partial charge on any atom is 0.256 e. The van der Waals surface area contributed by atoms with Crippen molar-refractivity contribution in [2.24, 2.45) is 0 Å². The molecule has 3 aliphatic rings. The Balaban J connectivity index is 1.13. The lowest BCUT2D eigenvalue weighted by Gasteiger charge is -2.35. The quantitative estimate of drug-likeness (QED) is 0.443. The molecule has 0 bridgehead atoms. The number of piperidine rings is 1. The number of carbonyl (C=O) groups is 1. The van der Waals surface area contributed by atoms with Crippen LogP contribution < -0.4 is 15.1 Å². The van der Waals surface area contributed by atoms with Crippen LogP contribution in [0.2, 0.25) is 0 Å². The molecule has 0 radical (unpaired) electrons. The van der Waals surface area contributed by atoms with Crippen LogP contribution in [0.4, 0.5) is 23.5 Å². The predicted molar refractivity (Wildman–Crippen MR) is 159 cm³/mol. The van der Waals surface area contributed by atoms with Crippen molar-refractivity contribution in [2.45, 2.75) is 18.9 Å². The van der Waals surface area contributed by atoms with Crippen LogP contribution in [-0.4, -0.2) is 126 Å². The number of benzene rings is 1. The number of nitrogens with zero attached hydrogens (tertiary/aromatic N) is 9. The van der Waals surface area contributed by atoms with E-state index in [4.69, 9.17) is 24.4 Å². The maximum atomic E-state index is 12.9. The molecule has 42 heavy (non-hydrogen) atoms. The van der Waals surface area contributed by atoms with Gasteiger partial charge in [-0.3, -0.25) is 4.79 Å². The van der Waals surface area contributed by atoms with Crippen LogP contribution in [0.3, 0.4) is 0 Å². The van der Waals surface area contributed by atoms with Gasteiger partial charge >= 0.3 is 0 Å². The van der Waals surface area contributed by atoms with Gasteiger partial charge in [0.05, 0.1) is 32.0 Å². The summed E-state index contributed by atoms with van der Waals surface area (Å²) in [6.45, 7) is 7.09. The van der Waals surface area contributed by atoms with Crippen LogP contribution in [0, 0.1) is 0 Å². The van der Waals surface area contributed by atoms with E-state index in [0.717, 1.165) is 63.4 Å². The summed E-state index contributed by atoms with van der Waals surface area (Å²) < 4.78 is 11.0. The number of hydrogen-bond acceptors (Lipinski definition) is 12. The van der Waals surface area contributed by atoms with Crippen molar-refractivity contribution < 1.29 is 14.3 Å². The third kappa shape index (κ3) is 6.58. The van der Waals surface area contributed by atoms with Crippen LogP contribution in [0.5, 0.6) is 0 Å². The third-order valence-corrected chi connectivity index (χ3v) is 7.98. The van der Waals surface area contributed by atoms with Gasteiger partial charge in [-0.15, -0.1) is 0 Å². The fraction of sp³-hybridized carbons (Fsp3) is 0.517. The zero-order valence-electron chi connectivity index (χ0n) is 24.3. The van der Waals surface area contributed by atoms with Gasteiger partial charge in [0, 0.05) is 69.0 Å². The number of rotatable bonds is 7. The normalized spacial score (nSPS) is 18.4. The summed E-state index contributed by atoms with van der Waals surface area (Å²) in [5.41, 5.74) is 2.20. The largest absolute Gasteiger partial charge is 0.378 e. The lowest BCUT2D eigenvalue weighted by Crippen LogP contribution is -2.44. The maximum absolute atomic E-state index is 12.9. The molecule has 5 heterocycles. The van der Waals surface area contributed by atoms with Gasteiger partial charge in [0.15, 0.2) is 5.82 Å². The summed E-state index contributed by atoms with van der Waals surface area (Å²) >= 11 is 0. The lowest BCUT2D eigenvalue weighted by atomic mass is 10.0. The molecule has 0 aliphatic carbocycles. The highest BCUT2D eigenvalue weighted by Gasteiger charge is 2.25. The standard InChI is InChI=1S/C29H38N10O3/c1-36(2)24-7-9-37(10-8-24)26(40)22-19-30-27(31-20-22)32-23-5-3-21(4-6-23)25-33-28(38-11-15-41-16-12-38)35-29(34-25)39-13-17-42-18-14-39/h3-6,19-20,24H,7-18H2,1-2H3,(H,30,31,32). The van der Waals surface area contributed by atoms with Crippen molar-refractivity contribution in [2.75, 3.05) is 94.9 Å². The Hall–Kier alpha value is -3.94. The molecule has 3 fully saturated rings. The van der Waals surface area contributed by atoms with Gasteiger partial charge in [0.25, 0.3) is 5.91 Å². The first-order valence-corrected chi connectivity index (χ1v) is 14.6. The SMILES string of the molecule is CN(C)C1CCN(C(=O)c2cnc(Nc3ccc(-c4nc(N5CCOCC5)nc(N5CCOCC5)n4)cc3)nc2)CC1. The number of morpholine rings is 2. The summed E-state index contributed by atoms with van der Waals surface area (Å²) in [7, 11) is 4.18. The number of likely N-dealkylation sites (tertiary alicyclic amines) is 1. The van der Waals surface area contributed by atoms with E-state index in [-0.39, 0.29) is 5.91 Å². The number of anilines is 4. The molecule has 1 N–H and O–H groups in total. The fourth-order valence-corrected chi connectivity index (χ4v) is 5.40. The second-order valence-electron chi connectivity index (χ2n) is 10.9. The number of hydrogen-bond donors (Lipinski definition) is 1. The summed E-state index contributed by atoms with van der Waals surface area (Å²) in [5, 5.41) is 3.22. The van der Waals surface area contributed by atoms with Crippen LogP contribution in [0.1, 0.15) is 23.2 Å². The molecule has 0 spiro atoms. The van der Waals surface area contributed by atoms with E-state index in [9.17, 15) is 4.79 Å². The van der Waals surface area contributed by atoms with Crippen LogP contribution in [0.15, 0.2) is 36.7 Å². The van der Waals surface area contributed by atoms with E-state index in [1.807, 2.05) is 29.2 Å². The molecule has 222 valence electrons. The molecular formula is C29H38N10O3. The minimum atomic E-state index is -0.0200. The fourth-order valence-electron chi connectivity index (χ4n) is 5.40. The van der Waals surface area contributed by atoms with Gasteiger partial charge in [0.2, 0.25) is 17.8 Å². The number of nitrogens with one attached hydrogen (secondary N) is 1. The van der Waals surface area contributed by atoms with E-state index in [1.54, 1.807) is 12.4 Å². The average molecular weight is 575 g/mol. The van der Waals surface area contributed by atoms with Gasteiger partial charge < -0.3 is 34.4 Å². The van der Waals surface area contributed by atoms with Crippen LogP contribution in [0.25, 0.3) is 11.4 Å². The summed E-state index contributed by atoms with van der Waals surface area (Å²) in [6, 6.07) is 8.35. The average Bonchev–Trinajstić information content (AvgIpc) is 3.06. The van der Waals surface area contributed by atoms with E-state index < -0.39 is 0 Å². The van der Waals surface area contributed by atoms with E-state index in [1.165, 1.54) is 0 Å². The van der Waals surface area contributed by atoms with E-state index in [0.29, 0.717) is 61.7 Å². The Labute approximate surface area is 245 Å². The first-order valence-electron chi connectivity index (χ1n) is 14.6. The Kier molecular flexibility index (Phi) is 8.68. The topological polar surface area (TPSA) is 125 Å². The Bertz CT molecular complexity index is 1300. The zero-order chi connectivity index (χ0) is 28.9. The number of amides is 1. The van der Waals surface area contributed by atoms with Crippen LogP contribution in [-0.2, 0) is 9.47 Å². The minimum absolute atomic E-state index is 0.0200. The second kappa shape index (κ2) is 12.9. The highest BCUT2D eigenvalue weighted by Crippen LogP contribution is 2.25. The van der Waals surface area contributed by atoms with Gasteiger partial charge in [0.1, 0.15) is 0 Å². The summed E-state index contributed by atoms with van der Waals surface area (Å²) in [6.07, 6.45) is 5.13. The molecule has 13 nitrogen and oxygen atoms in total. The van der Waals surface area contributed by atoms with Crippen molar-refractivity contribution in [3.63, 3.8) is 0 Å². The molecule has 2 aromatic heterocycles. The zero-order valence-corrected chi connectivity index (χ0v) is 24.3. The number of aromatic nitrogens is 5. The highest BCUT2D eigenvalue weighted by molar-refractivity contribution is 5.93. The molecule has 0 saturated carbocycles. The summed E-state index contributed by atoms with van der Waals surface area (Å²) in [4.78, 5) is 44.6. The van der Waals surface area contributed by atoms with E-state index >= 15 is 0 Å². The highest BCUT2D eigenvalue weighted by atomic mass is 16.5. The van der Waals surface area contributed by atoms with Gasteiger partial charge in [-0.2, -0.15) is 15.0 Å². The van der Waals surface area contributed by atoms with Crippen molar-refractivity contribution in [1.82, 2.24) is 34.7 Å². The van der Waals surface area contributed by atoms with Gasteiger partial charge in [-0.05, 0) is 51.2 Å².